The molecule has 0 aliphatic rings. The molecule has 0 radical (unpaired) electrons. The third-order valence-electron chi connectivity index (χ3n) is 15.3. The van der Waals surface area contributed by atoms with E-state index in [4.69, 9.17) is 4.74 Å². The third-order valence-corrected chi connectivity index (χ3v) is 15.3. The molecule has 0 bridgehead atoms. The zero-order chi connectivity index (χ0) is 51.4. The second kappa shape index (κ2) is 61.1. The molecule has 422 valence electrons. The first-order chi connectivity index (χ1) is 35.0. The van der Waals surface area contributed by atoms with Crippen molar-refractivity contribution in [2.24, 2.45) is 0 Å². The van der Waals surface area contributed by atoms with E-state index in [0.29, 0.717) is 25.9 Å². The SMILES string of the molecule is CCCCCCCCC/C=C\CCCCCCCC(=O)OCCCCCCCCCCCCCCCCCCCCCCCCCCCCC(=O)NC(CO)C(O)CCCCCCCCCCCCCC. The van der Waals surface area contributed by atoms with Gasteiger partial charge < -0.3 is 20.3 Å². The van der Waals surface area contributed by atoms with Gasteiger partial charge in [-0.3, -0.25) is 9.59 Å². The summed E-state index contributed by atoms with van der Waals surface area (Å²) in [7, 11) is 0. The first-order valence-electron chi connectivity index (χ1n) is 32.4. The van der Waals surface area contributed by atoms with Gasteiger partial charge in [0.1, 0.15) is 0 Å². The van der Waals surface area contributed by atoms with Crippen LogP contribution >= 0.6 is 0 Å². The van der Waals surface area contributed by atoms with Gasteiger partial charge in [0.15, 0.2) is 0 Å². The summed E-state index contributed by atoms with van der Waals surface area (Å²) in [4.78, 5) is 24.5. The zero-order valence-electron chi connectivity index (χ0n) is 48.2. The van der Waals surface area contributed by atoms with Crippen LogP contribution in [-0.4, -0.2) is 47.4 Å². The van der Waals surface area contributed by atoms with Gasteiger partial charge in [-0.05, 0) is 51.4 Å². The van der Waals surface area contributed by atoms with Crippen LogP contribution in [0.1, 0.15) is 367 Å². The summed E-state index contributed by atoms with van der Waals surface area (Å²) in [5.74, 6) is -0.0208. The summed E-state index contributed by atoms with van der Waals surface area (Å²) < 4.78 is 5.49. The molecule has 0 saturated carbocycles. The van der Waals surface area contributed by atoms with Crippen LogP contribution < -0.4 is 5.32 Å². The van der Waals surface area contributed by atoms with Crippen LogP contribution in [0.15, 0.2) is 12.2 Å². The molecular formula is C65H127NO5. The van der Waals surface area contributed by atoms with Gasteiger partial charge in [-0.2, -0.15) is 0 Å². The maximum Gasteiger partial charge on any atom is 0.305 e. The van der Waals surface area contributed by atoms with Crippen LogP contribution in [0.2, 0.25) is 0 Å². The first kappa shape index (κ1) is 69.6. The number of aliphatic hydroxyl groups excluding tert-OH is 2. The molecule has 71 heavy (non-hydrogen) atoms. The quantitative estimate of drug-likeness (QED) is 0.0320. The standard InChI is InChI=1S/C65H127NO5/c1-3-5-7-9-11-13-15-17-18-32-35-39-43-47-51-55-59-65(70)71-60-56-52-48-44-40-36-33-30-28-26-24-22-20-19-21-23-25-27-29-31-34-38-42-46-50-54-58-64(69)66-62(61-67)63(68)57-53-49-45-41-37-16-14-12-10-8-6-4-2/h18,32,62-63,67-68H,3-17,19-31,33-61H2,1-2H3,(H,66,69)/b32-18-. The second-order valence-electron chi connectivity index (χ2n) is 22.5. The number of hydrogen-bond donors (Lipinski definition) is 3. The summed E-state index contributed by atoms with van der Waals surface area (Å²) in [6, 6.07) is -0.538. The molecule has 0 aliphatic carbocycles. The van der Waals surface area contributed by atoms with Gasteiger partial charge in [-0.25, -0.2) is 0 Å². The van der Waals surface area contributed by atoms with E-state index in [1.165, 1.54) is 289 Å². The minimum absolute atomic E-state index is 0.0106. The van der Waals surface area contributed by atoms with E-state index >= 15 is 0 Å². The second-order valence-corrected chi connectivity index (χ2v) is 22.5. The minimum atomic E-state index is -0.661. The highest BCUT2D eigenvalue weighted by molar-refractivity contribution is 5.76. The number of carbonyl (C=O) groups is 2. The summed E-state index contributed by atoms with van der Waals surface area (Å²) in [6.07, 6.45) is 73.8. The number of rotatable bonds is 61. The lowest BCUT2D eigenvalue weighted by Gasteiger charge is -2.22. The third kappa shape index (κ3) is 57.7. The Labute approximate surface area is 444 Å². The number of unbranched alkanes of at least 4 members (excludes halogenated alkanes) is 48. The molecule has 2 atom stereocenters. The van der Waals surface area contributed by atoms with Crippen molar-refractivity contribution >= 4 is 11.9 Å². The number of nitrogens with one attached hydrogen (secondary N) is 1. The highest BCUT2D eigenvalue weighted by Gasteiger charge is 2.20. The molecule has 6 heteroatoms. The van der Waals surface area contributed by atoms with Gasteiger partial charge in [0.25, 0.3) is 0 Å². The van der Waals surface area contributed by atoms with E-state index < -0.39 is 12.1 Å². The Balaban J connectivity index is 3.33. The fraction of sp³-hybridized carbons (Fsp3) is 0.938. The Morgan fingerprint density at radius 3 is 1.00 bits per heavy atom. The van der Waals surface area contributed by atoms with Crippen molar-refractivity contribution in [3.63, 3.8) is 0 Å². The van der Waals surface area contributed by atoms with Gasteiger partial charge in [-0.15, -0.1) is 0 Å². The number of amides is 1. The number of ether oxygens (including phenoxy) is 1. The monoisotopic (exact) mass is 1000 g/mol. The smallest absolute Gasteiger partial charge is 0.305 e. The maximum absolute atomic E-state index is 12.5. The largest absolute Gasteiger partial charge is 0.466 e. The first-order valence-corrected chi connectivity index (χ1v) is 32.4. The van der Waals surface area contributed by atoms with Crippen molar-refractivity contribution in [3.8, 4) is 0 Å². The molecule has 0 aromatic rings. The molecule has 0 aliphatic heterocycles. The molecular weight excluding hydrogens is 875 g/mol. The summed E-state index contributed by atoms with van der Waals surface area (Å²) in [5, 5.41) is 23.2. The molecule has 0 heterocycles. The fourth-order valence-electron chi connectivity index (χ4n) is 10.3. The lowest BCUT2D eigenvalue weighted by Crippen LogP contribution is -2.45. The van der Waals surface area contributed by atoms with Crippen molar-refractivity contribution in [2.45, 2.75) is 379 Å². The molecule has 0 spiro atoms. The normalized spacial score (nSPS) is 12.6. The van der Waals surface area contributed by atoms with Crippen LogP contribution in [-0.2, 0) is 14.3 Å². The average molecular weight is 1000 g/mol. The molecule has 3 N–H and O–H groups in total. The maximum atomic E-state index is 12.5. The number of esters is 1. The number of aliphatic hydroxyl groups is 2. The highest BCUT2D eigenvalue weighted by Crippen LogP contribution is 2.18. The Morgan fingerprint density at radius 1 is 0.380 bits per heavy atom. The van der Waals surface area contributed by atoms with Crippen molar-refractivity contribution < 1.29 is 24.5 Å². The Bertz CT molecular complexity index is 1060. The fourth-order valence-corrected chi connectivity index (χ4v) is 10.3. The highest BCUT2D eigenvalue weighted by atomic mass is 16.5. The molecule has 0 aromatic carbocycles. The van der Waals surface area contributed by atoms with E-state index in [-0.39, 0.29) is 18.5 Å². The van der Waals surface area contributed by atoms with Gasteiger partial charge in [-0.1, -0.05) is 315 Å². The van der Waals surface area contributed by atoms with Gasteiger partial charge in [0.2, 0.25) is 5.91 Å². The zero-order valence-corrected chi connectivity index (χ0v) is 48.2. The Hall–Kier alpha value is -1.40. The van der Waals surface area contributed by atoms with Crippen molar-refractivity contribution in [2.75, 3.05) is 13.2 Å². The van der Waals surface area contributed by atoms with Crippen molar-refractivity contribution in [1.82, 2.24) is 5.32 Å². The number of hydrogen-bond acceptors (Lipinski definition) is 5. The summed E-state index contributed by atoms with van der Waals surface area (Å²) in [5.41, 5.74) is 0. The number of carbonyl (C=O) groups excluding carboxylic acids is 2. The van der Waals surface area contributed by atoms with E-state index in [1.54, 1.807) is 0 Å². The van der Waals surface area contributed by atoms with E-state index in [2.05, 4.69) is 31.3 Å². The van der Waals surface area contributed by atoms with Crippen LogP contribution in [0, 0.1) is 0 Å². The average Bonchev–Trinajstić information content (AvgIpc) is 3.37. The van der Waals surface area contributed by atoms with E-state index in [9.17, 15) is 19.8 Å². The lowest BCUT2D eigenvalue weighted by molar-refractivity contribution is -0.143. The van der Waals surface area contributed by atoms with Crippen LogP contribution in [0.4, 0.5) is 0 Å². The summed E-state index contributed by atoms with van der Waals surface area (Å²) in [6.45, 7) is 4.97. The van der Waals surface area contributed by atoms with E-state index in [0.717, 1.165) is 44.9 Å². The summed E-state index contributed by atoms with van der Waals surface area (Å²) >= 11 is 0. The van der Waals surface area contributed by atoms with Gasteiger partial charge in [0, 0.05) is 12.8 Å². The van der Waals surface area contributed by atoms with Crippen LogP contribution in [0.3, 0.4) is 0 Å². The van der Waals surface area contributed by atoms with Crippen LogP contribution in [0.5, 0.6) is 0 Å². The van der Waals surface area contributed by atoms with E-state index in [1.807, 2.05) is 0 Å². The molecule has 6 nitrogen and oxygen atoms in total. The predicted molar refractivity (Wildman–Crippen MR) is 310 cm³/mol. The van der Waals surface area contributed by atoms with Gasteiger partial charge >= 0.3 is 5.97 Å². The predicted octanol–water partition coefficient (Wildman–Crippen LogP) is 20.4. The van der Waals surface area contributed by atoms with Gasteiger partial charge in [0.05, 0.1) is 25.4 Å². The minimum Gasteiger partial charge on any atom is -0.466 e. The molecule has 1 amide bonds. The number of allylic oxidation sites excluding steroid dienone is 2. The molecule has 0 aromatic heterocycles. The van der Waals surface area contributed by atoms with Crippen molar-refractivity contribution in [1.29, 1.82) is 0 Å². The lowest BCUT2D eigenvalue weighted by atomic mass is 10.0. The Morgan fingerprint density at radius 2 is 0.662 bits per heavy atom. The van der Waals surface area contributed by atoms with Crippen LogP contribution in [0.25, 0.3) is 0 Å². The van der Waals surface area contributed by atoms with Crippen molar-refractivity contribution in [3.05, 3.63) is 12.2 Å². The topological polar surface area (TPSA) is 95.9 Å². The molecule has 0 fully saturated rings. The molecule has 0 rings (SSSR count). The Kier molecular flexibility index (Phi) is 59.9. The molecule has 2 unspecified atom stereocenters. The molecule has 0 saturated heterocycles.